The zero-order valence-corrected chi connectivity index (χ0v) is 13.9. The molecule has 0 aliphatic carbocycles. The summed E-state index contributed by atoms with van der Waals surface area (Å²) in [6.45, 7) is 0.478. The van der Waals surface area contributed by atoms with Gasteiger partial charge in [-0.2, -0.15) is 0 Å². The molecule has 3 rings (SSSR count). The van der Waals surface area contributed by atoms with Crippen LogP contribution in [0.5, 0.6) is 0 Å². The van der Waals surface area contributed by atoms with Gasteiger partial charge in [-0.05, 0) is 17.7 Å². The molecule has 5 heteroatoms. The Morgan fingerprint density at radius 3 is 2.50 bits per heavy atom. The van der Waals surface area contributed by atoms with Crippen molar-refractivity contribution in [2.45, 2.75) is 12.5 Å². The van der Waals surface area contributed by atoms with Gasteiger partial charge in [0.15, 0.2) is 0 Å². The first-order chi connectivity index (χ1) is 11.6. The van der Waals surface area contributed by atoms with Crippen molar-refractivity contribution in [2.75, 3.05) is 20.6 Å². The third-order valence-electron chi connectivity index (χ3n) is 4.51. The predicted octanol–water partition coefficient (Wildman–Crippen LogP) is 2.11. The topological polar surface area (TPSA) is 53.5 Å². The number of carbonyl (C=O) groups excluding carboxylic acids is 2. The Labute approximate surface area is 141 Å². The zero-order valence-electron chi connectivity index (χ0n) is 13.9. The molecule has 0 saturated carbocycles. The van der Waals surface area contributed by atoms with Crippen molar-refractivity contribution in [1.82, 2.24) is 14.8 Å². The van der Waals surface area contributed by atoms with Crippen LogP contribution in [-0.2, 0) is 9.59 Å². The summed E-state index contributed by atoms with van der Waals surface area (Å²) in [6.07, 6.45) is 2.01. The molecule has 1 aromatic carbocycles. The maximum atomic E-state index is 12.9. The standard InChI is InChI=1S/C19H21N3O2/c1-21-13-15(12-17(21)23)19(24)22(2)18(14-8-4-3-5-9-14)16-10-6-7-11-20-16/h3-11,15,18H,12-13H2,1-2H3. The Hall–Kier alpha value is -2.69. The van der Waals surface area contributed by atoms with Gasteiger partial charge in [-0.15, -0.1) is 0 Å². The average Bonchev–Trinajstić information content (AvgIpc) is 2.95. The molecule has 0 N–H and O–H groups in total. The van der Waals surface area contributed by atoms with Crippen LogP contribution in [-0.4, -0.2) is 47.2 Å². The molecule has 5 nitrogen and oxygen atoms in total. The third-order valence-corrected chi connectivity index (χ3v) is 4.51. The van der Waals surface area contributed by atoms with Crippen LogP contribution in [0.3, 0.4) is 0 Å². The van der Waals surface area contributed by atoms with E-state index in [1.165, 1.54) is 0 Å². The summed E-state index contributed by atoms with van der Waals surface area (Å²) in [5, 5.41) is 0. The molecule has 1 aliphatic heterocycles. The normalized spacial score (nSPS) is 18.5. The Morgan fingerprint density at radius 2 is 1.92 bits per heavy atom. The van der Waals surface area contributed by atoms with Gasteiger partial charge < -0.3 is 9.80 Å². The highest BCUT2D eigenvalue weighted by atomic mass is 16.2. The number of carbonyl (C=O) groups is 2. The second-order valence-corrected chi connectivity index (χ2v) is 6.19. The lowest BCUT2D eigenvalue weighted by atomic mass is 9.99. The van der Waals surface area contributed by atoms with E-state index in [0.717, 1.165) is 11.3 Å². The number of rotatable bonds is 4. The first-order valence-corrected chi connectivity index (χ1v) is 8.04. The molecule has 0 spiro atoms. The highest BCUT2D eigenvalue weighted by Gasteiger charge is 2.36. The summed E-state index contributed by atoms with van der Waals surface area (Å²) < 4.78 is 0. The molecular weight excluding hydrogens is 302 g/mol. The van der Waals surface area contributed by atoms with Gasteiger partial charge in [0.2, 0.25) is 11.8 Å². The monoisotopic (exact) mass is 323 g/mol. The minimum atomic E-state index is -0.289. The molecule has 2 amide bonds. The van der Waals surface area contributed by atoms with Gasteiger partial charge in [0.1, 0.15) is 0 Å². The fourth-order valence-electron chi connectivity index (χ4n) is 3.21. The molecule has 0 bridgehead atoms. The van der Waals surface area contributed by atoms with Crippen LogP contribution in [0.4, 0.5) is 0 Å². The maximum absolute atomic E-state index is 12.9. The molecule has 24 heavy (non-hydrogen) atoms. The quantitative estimate of drug-likeness (QED) is 0.866. The van der Waals surface area contributed by atoms with E-state index in [9.17, 15) is 9.59 Å². The Morgan fingerprint density at radius 1 is 1.21 bits per heavy atom. The van der Waals surface area contributed by atoms with Crippen LogP contribution < -0.4 is 0 Å². The lowest BCUT2D eigenvalue weighted by molar-refractivity contribution is -0.136. The van der Waals surface area contributed by atoms with E-state index in [1.807, 2.05) is 48.5 Å². The van der Waals surface area contributed by atoms with Crippen LogP contribution >= 0.6 is 0 Å². The SMILES string of the molecule is CN1CC(C(=O)N(C)C(c2ccccc2)c2ccccn2)CC1=O. The van der Waals surface area contributed by atoms with E-state index in [4.69, 9.17) is 0 Å². The van der Waals surface area contributed by atoms with Gasteiger partial charge in [0, 0.05) is 33.3 Å². The van der Waals surface area contributed by atoms with E-state index in [-0.39, 0.29) is 30.2 Å². The molecule has 1 fully saturated rings. The van der Waals surface area contributed by atoms with Gasteiger partial charge in [-0.1, -0.05) is 36.4 Å². The largest absolute Gasteiger partial charge is 0.345 e. The number of aromatic nitrogens is 1. The van der Waals surface area contributed by atoms with Crippen molar-refractivity contribution < 1.29 is 9.59 Å². The number of hydrogen-bond acceptors (Lipinski definition) is 3. The van der Waals surface area contributed by atoms with Crippen molar-refractivity contribution in [2.24, 2.45) is 5.92 Å². The predicted molar refractivity (Wildman–Crippen MR) is 91.0 cm³/mol. The van der Waals surface area contributed by atoms with E-state index < -0.39 is 0 Å². The summed E-state index contributed by atoms with van der Waals surface area (Å²) in [5.74, 6) is -0.287. The summed E-state index contributed by atoms with van der Waals surface area (Å²) in [6, 6.07) is 15.3. The molecule has 2 heterocycles. The van der Waals surface area contributed by atoms with Crippen LogP contribution in [0.15, 0.2) is 54.7 Å². The van der Waals surface area contributed by atoms with E-state index in [1.54, 1.807) is 30.1 Å². The van der Waals surface area contributed by atoms with Gasteiger partial charge in [0.05, 0.1) is 17.7 Å². The third kappa shape index (κ3) is 3.15. The second kappa shape index (κ2) is 6.83. The first kappa shape index (κ1) is 16.2. The van der Waals surface area contributed by atoms with Crippen molar-refractivity contribution in [3.05, 3.63) is 66.0 Å². The highest BCUT2D eigenvalue weighted by molar-refractivity contribution is 5.89. The fraction of sp³-hybridized carbons (Fsp3) is 0.316. The number of nitrogens with zero attached hydrogens (tertiary/aromatic N) is 3. The Kier molecular flexibility index (Phi) is 4.60. The number of pyridine rings is 1. The van der Waals surface area contributed by atoms with Gasteiger partial charge in [-0.3, -0.25) is 14.6 Å². The van der Waals surface area contributed by atoms with Crippen LogP contribution in [0.1, 0.15) is 23.7 Å². The van der Waals surface area contributed by atoms with Crippen LogP contribution in [0, 0.1) is 5.92 Å². The molecular formula is C19H21N3O2. The lowest BCUT2D eigenvalue weighted by Gasteiger charge is -2.30. The minimum absolute atomic E-state index is 0.0211. The molecule has 2 unspecified atom stereocenters. The van der Waals surface area contributed by atoms with E-state index in [0.29, 0.717) is 6.54 Å². The summed E-state index contributed by atoms with van der Waals surface area (Å²) in [7, 11) is 3.53. The summed E-state index contributed by atoms with van der Waals surface area (Å²) in [4.78, 5) is 32.5. The van der Waals surface area contributed by atoms with Gasteiger partial charge >= 0.3 is 0 Å². The number of benzene rings is 1. The number of likely N-dealkylation sites (tertiary alicyclic amines) is 1. The number of amides is 2. The van der Waals surface area contributed by atoms with Crippen LogP contribution in [0.2, 0.25) is 0 Å². The molecule has 1 aromatic heterocycles. The molecule has 1 aliphatic rings. The molecule has 1 saturated heterocycles. The van der Waals surface area contributed by atoms with E-state index in [2.05, 4.69) is 4.98 Å². The fourth-order valence-corrected chi connectivity index (χ4v) is 3.21. The second-order valence-electron chi connectivity index (χ2n) is 6.19. The molecule has 0 radical (unpaired) electrons. The highest BCUT2D eigenvalue weighted by Crippen LogP contribution is 2.29. The number of hydrogen-bond donors (Lipinski definition) is 0. The van der Waals surface area contributed by atoms with E-state index >= 15 is 0 Å². The van der Waals surface area contributed by atoms with Crippen molar-refractivity contribution >= 4 is 11.8 Å². The Balaban J connectivity index is 1.91. The zero-order chi connectivity index (χ0) is 17.1. The molecule has 2 aromatic rings. The first-order valence-electron chi connectivity index (χ1n) is 8.04. The van der Waals surface area contributed by atoms with Crippen molar-refractivity contribution in [1.29, 1.82) is 0 Å². The van der Waals surface area contributed by atoms with Gasteiger partial charge in [0.25, 0.3) is 0 Å². The Bertz CT molecular complexity index is 678. The summed E-state index contributed by atoms with van der Waals surface area (Å²) in [5.41, 5.74) is 1.82. The van der Waals surface area contributed by atoms with Crippen molar-refractivity contribution in [3.63, 3.8) is 0 Å². The summed E-state index contributed by atoms with van der Waals surface area (Å²) >= 11 is 0. The maximum Gasteiger partial charge on any atom is 0.228 e. The average molecular weight is 323 g/mol. The lowest BCUT2D eigenvalue weighted by Crippen LogP contribution is -2.37. The molecule has 2 atom stereocenters. The minimum Gasteiger partial charge on any atom is -0.345 e. The van der Waals surface area contributed by atoms with Gasteiger partial charge in [-0.25, -0.2) is 0 Å². The van der Waals surface area contributed by atoms with Crippen molar-refractivity contribution in [3.8, 4) is 0 Å². The molecule has 124 valence electrons. The van der Waals surface area contributed by atoms with Crippen LogP contribution in [0.25, 0.3) is 0 Å². The smallest absolute Gasteiger partial charge is 0.228 e.